The third-order valence-electron chi connectivity index (χ3n) is 3.33. The summed E-state index contributed by atoms with van der Waals surface area (Å²) in [4.78, 5) is 0. The molecular formula is C17H28FNO2. The molecule has 0 aliphatic rings. The van der Waals surface area contributed by atoms with Gasteiger partial charge in [0, 0.05) is 25.6 Å². The third kappa shape index (κ3) is 6.91. The normalized spacial score (nSPS) is 12.5. The van der Waals surface area contributed by atoms with E-state index in [4.69, 9.17) is 9.47 Å². The molecule has 0 bridgehead atoms. The molecule has 1 aromatic rings. The highest BCUT2D eigenvalue weighted by Gasteiger charge is 2.16. The van der Waals surface area contributed by atoms with E-state index in [1.54, 1.807) is 13.2 Å². The van der Waals surface area contributed by atoms with Crippen LogP contribution >= 0.6 is 0 Å². The monoisotopic (exact) mass is 297 g/mol. The van der Waals surface area contributed by atoms with E-state index < -0.39 is 0 Å². The van der Waals surface area contributed by atoms with Crippen molar-refractivity contribution in [3.05, 3.63) is 29.6 Å². The van der Waals surface area contributed by atoms with Crippen LogP contribution in [0.3, 0.4) is 0 Å². The number of benzene rings is 1. The Morgan fingerprint density at radius 3 is 2.33 bits per heavy atom. The number of ether oxygens (including phenoxy) is 2. The van der Waals surface area contributed by atoms with E-state index in [-0.39, 0.29) is 17.0 Å². The van der Waals surface area contributed by atoms with Gasteiger partial charge >= 0.3 is 0 Å². The molecular weight excluding hydrogens is 269 g/mol. The van der Waals surface area contributed by atoms with E-state index in [9.17, 15) is 4.39 Å². The predicted molar refractivity (Wildman–Crippen MR) is 84.2 cm³/mol. The molecule has 21 heavy (non-hydrogen) atoms. The molecule has 0 atom stereocenters. The SMILES string of the molecule is COC(C)(C)CCOc1ccc(CNC(C)(C)C)cc1F. The van der Waals surface area contributed by atoms with Crippen molar-refractivity contribution >= 4 is 0 Å². The van der Waals surface area contributed by atoms with E-state index >= 15 is 0 Å². The average Bonchev–Trinajstić information content (AvgIpc) is 2.38. The molecule has 0 spiro atoms. The molecule has 0 saturated carbocycles. The Morgan fingerprint density at radius 1 is 1.14 bits per heavy atom. The van der Waals surface area contributed by atoms with Gasteiger partial charge in [0.15, 0.2) is 11.6 Å². The Kier molecular flexibility index (Phi) is 6.17. The summed E-state index contributed by atoms with van der Waals surface area (Å²) >= 11 is 0. The number of hydrogen-bond acceptors (Lipinski definition) is 3. The van der Waals surface area contributed by atoms with Gasteiger partial charge in [0.05, 0.1) is 12.2 Å². The molecule has 4 heteroatoms. The lowest BCUT2D eigenvalue weighted by atomic mass is 10.1. The van der Waals surface area contributed by atoms with Crippen LogP contribution in [0, 0.1) is 5.82 Å². The summed E-state index contributed by atoms with van der Waals surface area (Å²) in [5.41, 5.74) is 0.664. The van der Waals surface area contributed by atoms with Crippen molar-refractivity contribution in [1.29, 1.82) is 0 Å². The van der Waals surface area contributed by atoms with Gasteiger partial charge in [0.25, 0.3) is 0 Å². The van der Waals surface area contributed by atoms with Crippen LogP contribution < -0.4 is 10.1 Å². The molecule has 0 aliphatic carbocycles. The van der Waals surface area contributed by atoms with Crippen LogP contribution in [0.5, 0.6) is 5.75 Å². The van der Waals surface area contributed by atoms with Crippen LogP contribution in [0.2, 0.25) is 0 Å². The first-order chi connectivity index (χ1) is 9.63. The first-order valence-electron chi connectivity index (χ1n) is 7.34. The maximum Gasteiger partial charge on any atom is 0.165 e. The molecule has 0 unspecified atom stereocenters. The van der Waals surface area contributed by atoms with Crippen molar-refractivity contribution in [1.82, 2.24) is 5.32 Å². The molecule has 1 aromatic carbocycles. The molecule has 0 fully saturated rings. The predicted octanol–water partition coefficient (Wildman–Crippen LogP) is 3.91. The molecule has 1 N–H and O–H groups in total. The van der Waals surface area contributed by atoms with Crippen LogP contribution in [0.15, 0.2) is 18.2 Å². The number of methoxy groups -OCH3 is 1. The topological polar surface area (TPSA) is 30.5 Å². The largest absolute Gasteiger partial charge is 0.490 e. The highest BCUT2D eigenvalue weighted by molar-refractivity contribution is 5.29. The highest BCUT2D eigenvalue weighted by atomic mass is 19.1. The minimum Gasteiger partial charge on any atom is -0.490 e. The van der Waals surface area contributed by atoms with Crippen LogP contribution in [0.25, 0.3) is 0 Å². The maximum absolute atomic E-state index is 14.0. The molecule has 1 rings (SSSR count). The van der Waals surface area contributed by atoms with Crippen molar-refractivity contribution in [2.24, 2.45) is 0 Å². The molecule has 3 nitrogen and oxygen atoms in total. The smallest absolute Gasteiger partial charge is 0.165 e. The number of hydrogen-bond donors (Lipinski definition) is 1. The highest BCUT2D eigenvalue weighted by Crippen LogP contribution is 2.20. The Balaban J connectivity index is 2.54. The third-order valence-corrected chi connectivity index (χ3v) is 3.33. The van der Waals surface area contributed by atoms with Crippen molar-refractivity contribution < 1.29 is 13.9 Å². The van der Waals surface area contributed by atoms with E-state index in [1.807, 2.05) is 19.9 Å². The first kappa shape index (κ1) is 17.9. The van der Waals surface area contributed by atoms with Gasteiger partial charge in [-0.05, 0) is 52.3 Å². The number of nitrogens with one attached hydrogen (secondary N) is 1. The summed E-state index contributed by atoms with van der Waals surface area (Å²) in [5, 5.41) is 3.33. The van der Waals surface area contributed by atoms with Gasteiger partial charge in [-0.1, -0.05) is 6.07 Å². The molecule has 120 valence electrons. The van der Waals surface area contributed by atoms with E-state index in [2.05, 4.69) is 26.1 Å². The standard InChI is InChI=1S/C17H28FNO2/c1-16(2,3)19-12-13-7-8-15(14(18)11-13)21-10-9-17(4,5)20-6/h7-8,11,19H,9-10,12H2,1-6H3. The van der Waals surface area contributed by atoms with E-state index in [0.717, 1.165) is 5.56 Å². The minimum absolute atomic E-state index is 0.0113. The Bertz CT molecular complexity index is 453. The maximum atomic E-state index is 14.0. The van der Waals surface area contributed by atoms with Gasteiger partial charge in [0.2, 0.25) is 0 Å². The van der Waals surface area contributed by atoms with E-state index in [1.165, 1.54) is 6.07 Å². The average molecular weight is 297 g/mol. The van der Waals surface area contributed by atoms with Crippen molar-refractivity contribution in [3.8, 4) is 5.75 Å². The number of rotatable bonds is 7. The second kappa shape index (κ2) is 7.23. The number of halogens is 1. The van der Waals surface area contributed by atoms with Crippen LogP contribution in [-0.2, 0) is 11.3 Å². The molecule has 0 aromatic heterocycles. The van der Waals surface area contributed by atoms with Gasteiger partial charge in [-0.3, -0.25) is 0 Å². The quantitative estimate of drug-likeness (QED) is 0.828. The molecule has 0 heterocycles. The molecule has 0 radical (unpaired) electrons. The molecule has 0 saturated heterocycles. The summed E-state index contributed by atoms with van der Waals surface area (Å²) in [6.45, 7) is 11.3. The molecule has 0 aliphatic heterocycles. The lowest BCUT2D eigenvalue weighted by molar-refractivity contribution is 0.00513. The Labute approximate surface area is 127 Å². The zero-order valence-corrected chi connectivity index (χ0v) is 14.0. The minimum atomic E-state index is -0.321. The van der Waals surface area contributed by atoms with Gasteiger partial charge in [-0.2, -0.15) is 0 Å². The summed E-state index contributed by atoms with van der Waals surface area (Å²) in [6.07, 6.45) is 0.705. The fourth-order valence-electron chi connectivity index (χ4n) is 1.65. The Hall–Kier alpha value is -1.13. The lowest BCUT2D eigenvalue weighted by Gasteiger charge is -2.23. The van der Waals surface area contributed by atoms with Crippen molar-refractivity contribution in [3.63, 3.8) is 0 Å². The van der Waals surface area contributed by atoms with Gasteiger partial charge < -0.3 is 14.8 Å². The van der Waals surface area contributed by atoms with Crippen LogP contribution in [0.4, 0.5) is 4.39 Å². The zero-order chi connectivity index (χ0) is 16.1. The molecule has 0 amide bonds. The van der Waals surface area contributed by atoms with Gasteiger partial charge in [-0.25, -0.2) is 4.39 Å². The second-order valence-corrected chi connectivity index (χ2v) is 6.93. The fraction of sp³-hybridized carbons (Fsp3) is 0.647. The summed E-state index contributed by atoms with van der Waals surface area (Å²) in [7, 11) is 1.66. The van der Waals surface area contributed by atoms with Crippen LogP contribution in [-0.4, -0.2) is 24.9 Å². The Morgan fingerprint density at radius 2 is 1.81 bits per heavy atom. The van der Waals surface area contributed by atoms with Crippen LogP contribution in [0.1, 0.15) is 46.6 Å². The summed E-state index contributed by atoms with van der Waals surface area (Å²) in [5.74, 6) is -0.0279. The zero-order valence-electron chi connectivity index (χ0n) is 14.0. The van der Waals surface area contributed by atoms with Crippen molar-refractivity contribution in [2.75, 3.05) is 13.7 Å². The fourth-order valence-corrected chi connectivity index (χ4v) is 1.65. The van der Waals surface area contributed by atoms with E-state index in [0.29, 0.717) is 25.3 Å². The second-order valence-electron chi connectivity index (χ2n) is 6.93. The lowest BCUT2D eigenvalue weighted by Crippen LogP contribution is -2.35. The van der Waals surface area contributed by atoms with Gasteiger partial charge in [0.1, 0.15) is 0 Å². The van der Waals surface area contributed by atoms with Crippen molar-refractivity contribution in [2.45, 2.75) is 58.7 Å². The summed E-state index contributed by atoms with van der Waals surface area (Å²) < 4.78 is 24.8. The van der Waals surface area contributed by atoms with Gasteiger partial charge in [-0.15, -0.1) is 0 Å². The first-order valence-corrected chi connectivity index (χ1v) is 7.34. The summed E-state index contributed by atoms with van der Waals surface area (Å²) in [6, 6.07) is 5.10.